The predicted molar refractivity (Wildman–Crippen MR) is 112 cm³/mol. The molecule has 1 N–H and O–H groups in total. The number of carbonyl (C=O) groups excluding carboxylic acids is 2. The van der Waals surface area contributed by atoms with Gasteiger partial charge in [0.1, 0.15) is 5.25 Å². The maximum absolute atomic E-state index is 12.5. The van der Waals surface area contributed by atoms with Gasteiger partial charge in [0, 0.05) is 18.5 Å². The van der Waals surface area contributed by atoms with Crippen LogP contribution < -0.4 is 5.32 Å². The minimum atomic E-state index is -0.530. The number of anilines is 1. The number of rotatable bonds is 4. The molecule has 1 fully saturated rings. The zero-order valence-electron chi connectivity index (χ0n) is 14.7. The fraction of sp³-hybridized carbons (Fsp3) is 0.211. The molecular formula is C19H17Cl2N3O2S. The first-order chi connectivity index (χ1) is 12.8. The molecular weight excluding hydrogens is 405 g/mol. The molecule has 2 aromatic carbocycles. The molecule has 5 nitrogen and oxygen atoms in total. The molecule has 0 unspecified atom stereocenters. The minimum absolute atomic E-state index is 0.0175. The summed E-state index contributed by atoms with van der Waals surface area (Å²) in [5.74, 6) is -0.465. The molecule has 0 radical (unpaired) electrons. The van der Waals surface area contributed by atoms with Gasteiger partial charge in [0.05, 0.1) is 16.4 Å². The van der Waals surface area contributed by atoms with E-state index >= 15 is 0 Å². The first kappa shape index (κ1) is 19.7. The van der Waals surface area contributed by atoms with Crippen LogP contribution in [0.2, 0.25) is 10.0 Å². The third-order valence-corrected chi connectivity index (χ3v) is 5.77. The van der Waals surface area contributed by atoms with Crippen LogP contribution in [0.1, 0.15) is 12.0 Å². The molecule has 27 heavy (non-hydrogen) atoms. The van der Waals surface area contributed by atoms with Crippen LogP contribution in [0.3, 0.4) is 0 Å². The Kier molecular flexibility index (Phi) is 6.09. The van der Waals surface area contributed by atoms with Crippen molar-refractivity contribution in [2.45, 2.75) is 18.6 Å². The Morgan fingerprint density at radius 1 is 1.22 bits per heavy atom. The molecule has 1 saturated heterocycles. The maximum atomic E-state index is 12.5. The van der Waals surface area contributed by atoms with Gasteiger partial charge in [0.25, 0.3) is 0 Å². The normalized spacial score (nSPS) is 18.2. The highest BCUT2D eigenvalue weighted by molar-refractivity contribution is 8.15. The summed E-state index contributed by atoms with van der Waals surface area (Å²) in [6.07, 6.45) is 0.0175. The molecule has 3 rings (SSSR count). The number of nitrogens with zero attached hydrogens (tertiary/aromatic N) is 2. The van der Waals surface area contributed by atoms with Gasteiger partial charge in [0.15, 0.2) is 5.17 Å². The standard InChI is InChI=1S/C19H17Cl2N3O2S/c1-11-3-6-13(7-4-11)22-19-24(2)18(26)16(27-19)10-17(25)23-15-9-12(20)5-8-14(15)21/h3-9,16H,10H2,1-2H3,(H,23,25)/t16-/m0/s1. The number of benzene rings is 2. The summed E-state index contributed by atoms with van der Waals surface area (Å²) in [4.78, 5) is 30.8. The summed E-state index contributed by atoms with van der Waals surface area (Å²) in [5, 5.41) is 3.60. The molecule has 0 aliphatic carbocycles. The van der Waals surface area contributed by atoms with Gasteiger partial charge in [0.2, 0.25) is 11.8 Å². The number of carbonyl (C=O) groups is 2. The van der Waals surface area contributed by atoms with Gasteiger partial charge in [-0.05, 0) is 37.3 Å². The summed E-state index contributed by atoms with van der Waals surface area (Å²) < 4.78 is 0. The molecule has 1 aliphatic rings. The van der Waals surface area contributed by atoms with Crippen molar-refractivity contribution in [3.05, 3.63) is 58.1 Å². The van der Waals surface area contributed by atoms with Crippen molar-refractivity contribution in [1.29, 1.82) is 0 Å². The molecule has 0 bridgehead atoms. The largest absolute Gasteiger partial charge is 0.325 e. The Hall–Kier alpha value is -2.02. The Balaban J connectivity index is 1.68. The van der Waals surface area contributed by atoms with Crippen LogP contribution in [-0.2, 0) is 9.59 Å². The lowest BCUT2D eigenvalue weighted by molar-refractivity contribution is -0.127. The highest BCUT2D eigenvalue weighted by Crippen LogP contribution is 2.31. The highest BCUT2D eigenvalue weighted by atomic mass is 35.5. The van der Waals surface area contributed by atoms with Gasteiger partial charge < -0.3 is 5.32 Å². The summed E-state index contributed by atoms with van der Waals surface area (Å²) in [6, 6.07) is 12.5. The van der Waals surface area contributed by atoms with Crippen LogP contribution in [0, 0.1) is 6.92 Å². The Bertz CT molecular complexity index is 916. The Labute approximate surface area is 171 Å². The fourth-order valence-electron chi connectivity index (χ4n) is 2.49. The van der Waals surface area contributed by atoms with Crippen LogP contribution in [0.25, 0.3) is 0 Å². The molecule has 0 spiro atoms. The van der Waals surface area contributed by atoms with Gasteiger partial charge in [-0.2, -0.15) is 0 Å². The number of hydrogen-bond acceptors (Lipinski definition) is 4. The topological polar surface area (TPSA) is 61.8 Å². The van der Waals surface area contributed by atoms with Crippen LogP contribution in [0.5, 0.6) is 0 Å². The van der Waals surface area contributed by atoms with E-state index in [2.05, 4.69) is 10.3 Å². The number of amidine groups is 1. The third kappa shape index (κ3) is 4.83. The second-order valence-corrected chi connectivity index (χ2v) is 8.12. The zero-order valence-corrected chi connectivity index (χ0v) is 17.0. The Morgan fingerprint density at radius 3 is 2.63 bits per heavy atom. The second kappa shape index (κ2) is 8.33. The van der Waals surface area contributed by atoms with E-state index in [1.807, 2.05) is 31.2 Å². The van der Waals surface area contributed by atoms with E-state index in [0.29, 0.717) is 20.9 Å². The van der Waals surface area contributed by atoms with Crippen molar-refractivity contribution < 1.29 is 9.59 Å². The number of halogens is 2. The fourth-order valence-corrected chi connectivity index (χ4v) is 3.98. The van der Waals surface area contributed by atoms with Gasteiger partial charge in [-0.3, -0.25) is 14.5 Å². The second-order valence-electron chi connectivity index (χ2n) is 6.11. The SMILES string of the molecule is Cc1ccc(N=C2S[C@@H](CC(=O)Nc3cc(Cl)ccc3Cl)C(=O)N2C)cc1. The minimum Gasteiger partial charge on any atom is -0.325 e. The number of aliphatic imine (C=N–C) groups is 1. The average Bonchev–Trinajstić information content (AvgIpc) is 2.88. The molecule has 1 heterocycles. The van der Waals surface area contributed by atoms with Crippen LogP contribution in [0.4, 0.5) is 11.4 Å². The summed E-state index contributed by atoms with van der Waals surface area (Å²) in [5.41, 5.74) is 2.32. The van der Waals surface area contributed by atoms with Gasteiger partial charge >= 0.3 is 0 Å². The van der Waals surface area contributed by atoms with Crippen LogP contribution >= 0.6 is 35.0 Å². The first-order valence-corrected chi connectivity index (χ1v) is 9.81. The average molecular weight is 422 g/mol. The predicted octanol–water partition coefficient (Wildman–Crippen LogP) is 4.89. The van der Waals surface area contributed by atoms with Gasteiger partial charge in [-0.25, -0.2) is 4.99 Å². The lowest BCUT2D eigenvalue weighted by Gasteiger charge is -2.10. The van der Waals surface area contributed by atoms with E-state index in [-0.39, 0.29) is 18.2 Å². The molecule has 2 aromatic rings. The Morgan fingerprint density at radius 2 is 1.93 bits per heavy atom. The van der Waals surface area contributed by atoms with E-state index in [0.717, 1.165) is 11.3 Å². The van der Waals surface area contributed by atoms with Gasteiger partial charge in [-0.1, -0.05) is 52.7 Å². The molecule has 0 aromatic heterocycles. The molecule has 0 saturated carbocycles. The number of nitrogens with one attached hydrogen (secondary N) is 1. The van der Waals surface area contributed by atoms with Crippen molar-refractivity contribution in [2.24, 2.45) is 4.99 Å². The van der Waals surface area contributed by atoms with E-state index < -0.39 is 5.25 Å². The van der Waals surface area contributed by atoms with E-state index in [9.17, 15) is 9.59 Å². The number of thioether (sulfide) groups is 1. The van der Waals surface area contributed by atoms with Crippen molar-refractivity contribution in [3.8, 4) is 0 Å². The summed E-state index contributed by atoms with van der Waals surface area (Å²) in [7, 11) is 1.66. The van der Waals surface area contributed by atoms with Gasteiger partial charge in [-0.15, -0.1) is 0 Å². The molecule has 1 atom stereocenters. The zero-order chi connectivity index (χ0) is 19.6. The van der Waals surface area contributed by atoms with Crippen LogP contribution in [0.15, 0.2) is 47.5 Å². The van der Waals surface area contributed by atoms with Crippen molar-refractivity contribution in [1.82, 2.24) is 4.90 Å². The maximum Gasteiger partial charge on any atom is 0.242 e. The molecule has 2 amide bonds. The number of hydrogen-bond donors (Lipinski definition) is 1. The lowest BCUT2D eigenvalue weighted by Crippen LogP contribution is -2.30. The van der Waals surface area contributed by atoms with E-state index in [1.54, 1.807) is 25.2 Å². The smallest absolute Gasteiger partial charge is 0.242 e. The number of amides is 2. The van der Waals surface area contributed by atoms with Crippen LogP contribution in [-0.4, -0.2) is 34.2 Å². The summed E-state index contributed by atoms with van der Waals surface area (Å²) >= 11 is 13.3. The van der Waals surface area contributed by atoms with E-state index in [1.165, 1.54) is 16.7 Å². The number of aryl methyl sites for hydroxylation is 1. The third-order valence-electron chi connectivity index (χ3n) is 3.97. The lowest BCUT2D eigenvalue weighted by atomic mass is 10.2. The summed E-state index contributed by atoms with van der Waals surface area (Å²) in [6.45, 7) is 2.00. The quantitative estimate of drug-likeness (QED) is 0.763. The van der Waals surface area contributed by atoms with Crippen molar-refractivity contribution in [2.75, 3.05) is 12.4 Å². The molecule has 1 aliphatic heterocycles. The highest BCUT2D eigenvalue weighted by Gasteiger charge is 2.37. The van der Waals surface area contributed by atoms with Crippen molar-refractivity contribution >= 4 is 63.3 Å². The monoisotopic (exact) mass is 421 g/mol. The van der Waals surface area contributed by atoms with E-state index in [4.69, 9.17) is 23.2 Å². The first-order valence-electron chi connectivity index (χ1n) is 8.18. The van der Waals surface area contributed by atoms with Crippen molar-refractivity contribution in [3.63, 3.8) is 0 Å². The molecule has 140 valence electrons. The molecule has 8 heteroatoms.